The van der Waals surface area contributed by atoms with Crippen molar-refractivity contribution >= 4 is 5.82 Å². The molecule has 100 valence electrons. The standard InChI is InChI=1S/C15H24N2O/c1-14(2,3)12-6-7-13(16-10-12)17-9-5-8-15(4,18)11-17/h6-7,10,18H,5,8-9,11H2,1-4H3. The molecule has 1 aliphatic rings. The summed E-state index contributed by atoms with van der Waals surface area (Å²) in [4.78, 5) is 6.73. The Hall–Kier alpha value is -1.09. The van der Waals surface area contributed by atoms with E-state index in [2.05, 4.69) is 42.8 Å². The second-order valence-corrected chi connectivity index (χ2v) is 6.68. The third-order valence-corrected chi connectivity index (χ3v) is 3.61. The van der Waals surface area contributed by atoms with E-state index in [1.54, 1.807) is 0 Å². The molecule has 1 aromatic rings. The van der Waals surface area contributed by atoms with E-state index in [4.69, 9.17) is 0 Å². The van der Waals surface area contributed by atoms with Gasteiger partial charge in [0.05, 0.1) is 5.60 Å². The van der Waals surface area contributed by atoms with E-state index in [1.165, 1.54) is 5.56 Å². The van der Waals surface area contributed by atoms with Crippen molar-refractivity contribution in [1.29, 1.82) is 0 Å². The summed E-state index contributed by atoms with van der Waals surface area (Å²) < 4.78 is 0. The molecule has 3 nitrogen and oxygen atoms in total. The molecule has 0 spiro atoms. The molecule has 0 saturated carbocycles. The average Bonchev–Trinajstić information content (AvgIpc) is 2.27. The highest BCUT2D eigenvalue weighted by Crippen LogP contribution is 2.26. The largest absolute Gasteiger partial charge is 0.388 e. The van der Waals surface area contributed by atoms with E-state index in [1.807, 2.05) is 13.1 Å². The van der Waals surface area contributed by atoms with Crippen LogP contribution >= 0.6 is 0 Å². The van der Waals surface area contributed by atoms with Crippen LogP contribution < -0.4 is 4.90 Å². The van der Waals surface area contributed by atoms with Crippen molar-refractivity contribution in [2.75, 3.05) is 18.0 Å². The predicted octanol–water partition coefficient (Wildman–Crippen LogP) is 2.73. The summed E-state index contributed by atoms with van der Waals surface area (Å²) in [6, 6.07) is 4.22. The summed E-state index contributed by atoms with van der Waals surface area (Å²) in [7, 11) is 0. The molecule has 0 amide bonds. The molecule has 0 bridgehead atoms. The highest BCUT2D eigenvalue weighted by Gasteiger charge is 2.29. The van der Waals surface area contributed by atoms with Crippen molar-refractivity contribution in [2.24, 2.45) is 0 Å². The van der Waals surface area contributed by atoms with Crippen LogP contribution in [0, 0.1) is 0 Å². The zero-order valence-corrected chi connectivity index (χ0v) is 11.9. The summed E-state index contributed by atoms with van der Waals surface area (Å²) >= 11 is 0. The third-order valence-electron chi connectivity index (χ3n) is 3.61. The maximum absolute atomic E-state index is 10.1. The molecule has 1 aromatic heterocycles. The van der Waals surface area contributed by atoms with Gasteiger partial charge in [-0.1, -0.05) is 26.8 Å². The number of nitrogens with zero attached hydrogens (tertiary/aromatic N) is 2. The number of anilines is 1. The predicted molar refractivity (Wildman–Crippen MR) is 75.0 cm³/mol. The number of aromatic nitrogens is 1. The number of β-amino-alcohol motifs (C(OH)–C–C–N with tert-alkyl or cyclic N) is 1. The molecule has 2 heterocycles. The summed E-state index contributed by atoms with van der Waals surface area (Å²) in [6.45, 7) is 10.1. The number of piperidine rings is 1. The van der Waals surface area contributed by atoms with Crippen molar-refractivity contribution in [3.05, 3.63) is 23.9 Å². The first kappa shape index (κ1) is 13.3. The minimum absolute atomic E-state index is 0.138. The number of aliphatic hydroxyl groups is 1. The van der Waals surface area contributed by atoms with Crippen LogP contribution in [0.5, 0.6) is 0 Å². The van der Waals surface area contributed by atoms with Gasteiger partial charge < -0.3 is 10.0 Å². The number of hydrogen-bond acceptors (Lipinski definition) is 3. The second-order valence-electron chi connectivity index (χ2n) is 6.68. The maximum Gasteiger partial charge on any atom is 0.128 e. The van der Waals surface area contributed by atoms with Gasteiger partial charge in [-0.25, -0.2) is 4.98 Å². The number of pyridine rings is 1. The Balaban J connectivity index is 2.15. The Morgan fingerprint density at radius 3 is 2.56 bits per heavy atom. The topological polar surface area (TPSA) is 36.4 Å². The average molecular weight is 248 g/mol. The van der Waals surface area contributed by atoms with Gasteiger partial charge in [-0.15, -0.1) is 0 Å². The molecule has 1 aliphatic heterocycles. The van der Waals surface area contributed by atoms with Crippen molar-refractivity contribution in [3.8, 4) is 0 Å². The van der Waals surface area contributed by atoms with Crippen LogP contribution in [0.15, 0.2) is 18.3 Å². The highest BCUT2D eigenvalue weighted by atomic mass is 16.3. The molecule has 1 unspecified atom stereocenters. The molecule has 18 heavy (non-hydrogen) atoms. The lowest BCUT2D eigenvalue weighted by Gasteiger charge is -2.37. The molecule has 0 aliphatic carbocycles. The van der Waals surface area contributed by atoms with Crippen LogP contribution in [0.3, 0.4) is 0 Å². The Kier molecular flexibility index (Phi) is 3.37. The van der Waals surface area contributed by atoms with Gasteiger partial charge in [0, 0.05) is 19.3 Å². The van der Waals surface area contributed by atoms with Gasteiger partial charge in [-0.2, -0.15) is 0 Å². The Bertz CT molecular complexity index is 403. The van der Waals surface area contributed by atoms with Gasteiger partial charge in [0.1, 0.15) is 5.82 Å². The fourth-order valence-corrected chi connectivity index (χ4v) is 2.43. The van der Waals surface area contributed by atoms with Crippen LogP contribution in [0.1, 0.15) is 46.1 Å². The van der Waals surface area contributed by atoms with Gasteiger partial charge in [-0.3, -0.25) is 0 Å². The van der Waals surface area contributed by atoms with Crippen LogP contribution in [-0.4, -0.2) is 28.8 Å². The first-order valence-corrected chi connectivity index (χ1v) is 6.72. The highest BCUT2D eigenvalue weighted by molar-refractivity contribution is 5.41. The molecule has 1 fully saturated rings. The summed E-state index contributed by atoms with van der Waals surface area (Å²) in [5, 5.41) is 10.1. The monoisotopic (exact) mass is 248 g/mol. The quantitative estimate of drug-likeness (QED) is 0.830. The smallest absolute Gasteiger partial charge is 0.128 e. The normalized spacial score (nSPS) is 25.3. The first-order chi connectivity index (χ1) is 8.28. The molecule has 1 saturated heterocycles. The summed E-state index contributed by atoms with van der Waals surface area (Å²) in [6.07, 6.45) is 3.86. The third kappa shape index (κ3) is 3.02. The minimum atomic E-state index is -0.581. The zero-order valence-electron chi connectivity index (χ0n) is 11.9. The van der Waals surface area contributed by atoms with E-state index >= 15 is 0 Å². The van der Waals surface area contributed by atoms with Crippen molar-refractivity contribution in [2.45, 2.75) is 51.6 Å². The van der Waals surface area contributed by atoms with Crippen LogP contribution in [0.4, 0.5) is 5.82 Å². The van der Waals surface area contributed by atoms with Crippen LogP contribution in [0.25, 0.3) is 0 Å². The molecule has 0 aromatic carbocycles. The minimum Gasteiger partial charge on any atom is -0.388 e. The Morgan fingerprint density at radius 1 is 1.33 bits per heavy atom. The SMILES string of the molecule is CC1(O)CCCN(c2ccc(C(C)(C)C)cn2)C1. The lowest BCUT2D eigenvalue weighted by molar-refractivity contribution is 0.0447. The molecule has 1 atom stereocenters. The maximum atomic E-state index is 10.1. The Morgan fingerprint density at radius 2 is 2.06 bits per heavy atom. The lowest BCUT2D eigenvalue weighted by Crippen LogP contribution is -2.46. The lowest BCUT2D eigenvalue weighted by atomic mass is 9.88. The summed E-state index contributed by atoms with van der Waals surface area (Å²) in [5.74, 6) is 0.975. The van der Waals surface area contributed by atoms with Gasteiger partial charge in [0.2, 0.25) is 0 Å². The van der Waals surface area contributed by atoms with Gasteiger partial charge in [0.25, 0.3) is 0 Å². The van der Waals surface area contributed by atoms with Crippen molar-refractivity contribution in [1.82, 2.24) is 4.98 Å². The van der Waals surface area contributed by atoms with E-state index in [0.717, 1.165) is 25.2 Å². The zero-order chi connectivity index (χ0) is 13.4. The van der Waals surface area contributed by atoms with Gasteiger partial charge >= 0.3 is 0 Å². The van der Waals surface area contributed by atoms with E-state index in [9.17, 15) is 5.11 Å². The second kappa shape index (κ2) is 4.54. The van der Waals surface area contributed by atoms with Crippen molar-refractivity contribution in [3.63, 3.8) is 0 Å². The van der Waals surface area contributed by atoms with Gasteiger partial charge in [-0.05, 0) is 36.8 Å². The molecular weight excluding hydrogens is 224 g/mol. The van der Waals surface area contributed by atoms with E-state index < -0.39 is 5.60 Å². The summed E-state index contributed by atoms with van der Waals surface area (Å²) in [5.41, 5.74) is 0.802. The van der Waals surface area contributed by atoms with Gasteiger partial charge in [0.15, 0.2) is 0 Å². The molecule has 2 rings (SSSR count). The first-order valence-electron chi connectivity index (χ1n) is 6.72. The molecular formula is C15H24N2O. The van der Waals surface area contributed by atoms with Crippen molar-refractivity contribution < 1.29 is 5.11 Å². The Labute approximate surface area is 110 Å². The number of rotatable bonds is 1. The molecule has 1 N–H and O–H groups in total. The van der Waals surface area contributed by atoms with Crippen LogP contribution in [0.2, 0.25) is 0 Å². The molecule has 0 radical (unpaired) electrons. The van der Waals surface area contributed by atoms with E-state index in [-0.39, 0.29) is 5.41 Å². The van der Waals surface area contributed by atoms with Crippen LogP contribution in [-0.2, 0) is 5.41 Å². The van der Waals surface area contributed by atoms with E-state index in [0.29, 0.717) is 6.54 Å². The fraction of sp³-hybridized carbons (Fsp3) is 0.667. The molecule has 3 heteroatoms. The number of hydrogen-bond donors (Lipinski definition) is 1. The fourth-order valence-electron chi connectivity index (χ4n) is 2.43.